The van der Waals surface area contributed by atoms with Gasteiger partial charge in [0, 0.05) is 12.1 Å². The van der Waals surface area contributed by atoms with Crippen LogP contribution >= 0.6 is 0 Å². The number of nitrogens with zero attached hydrogens (tertiary/aromatic N) is 1. The Labute approximate surface area is 129 Å². The highest BCUT2D eigenvalue weighted by Gasteiger charge is 2.25. The molecule has 1 aliphatic heterocycles. The smallest absolute Gasteiger partial charge is 0.240 e. The molecule has 118 valence electrons. The summed E-state index contributed by atoms with van der Waals surface area (Å²) in [6.07, 6.45) is 1.03. The molecule has 6 heteroatoms. The van der Waals surface area contributed by atoms with Crippen molar-refractivity contribution < 1.29 is 19.1 Å². The first-order valence-corrected chi connectivity index (χ1v) is 7.37. The van der Waals surface area contributed by atoms with E-state index >= 15 is 0 Å². The van der Waals surface area contributed by atoms with Crippen molar-refractivity contribution >= 4 is 23.3 Å². The normalized spacial score (nSPS) is 13.9. The van der Waals surface area contributed by atoms with Crippen LogP contribution < -0.4 is 15.0 Å². The number of nitrogens with one attached hydrogen (secondary N) is 1. The van der Waals surface area contributed by atoms with Gasteiger partial charge >= 0.3 is 0 Å². The Morgan fingerprint density at radius 2 is 2.14 bits per heavy atom. The van der Waals surface area contributed by atoms with E-state index in [-0.39, 0.29) is 37.2 Å². The van der Waals surface area contributed by atoms with Crippen LogP contribution in [0.4, 0.5) is 5.69 Å². The van der Waals surface area contributed by atoms with Crippen LogP contribution in [0.15, 0.2) is 18.2 Å². The van der Waals surface area contributed by atoms with Crippen LogP contribution in [-0.2, 0) is 9.59 Å². The van der Waals surface area contributed by atoms with Crippen LogP contribution in [0, 0.1) is 0 Å². The summed E-state index contributed by atoms with van der Waals surface area (Å²) in [6, 6.07) is 4.93. The molecule has 1 heterocycles. The Morgan fingerprint density at radius 1 is 1.36 bits per heavy atom. The standard InChI is InChI=1S/C16H20N2O4/c1-3-7-17-15(20)10-18-13-9-12(11(2)19)4-5-14(13)22-8-6-16(18)21/h4-5,9H,3,6-8,10H2,1-2H3,(H,17,20). The number of hydrogen-bond donors (Lipinski definition) is 1. The van der Waals surface area contributed by atoms with Gasteiger partial charge in [-0.25, -0.2) is 0 Å². The number of carbonyl (C=O) groups is 3. The Bertz CT molecular complexity index is 598. The summed E-state index contributed by atoms with van der Waals surface area (Å²) in [5.41, 5.74) is 0.956. The summed E-state index contributed by atoms with van der Waals surface area (Å²) < 4.78 is 5.54. The summed E-state index contributed by atoms with van der Waals surface area (Å²) in [5.74, 6) is -0.00333. The minimum Gasteiger partial charge on any atom is -0.491 e. The number of ketones is 1. The number of hydrogen-bond acceptors (Lipinski definition) is 4. The highest BCUT2D eigenvalue weighted by Crippen LogP contribution is 2.32. The lowest BCUT2D eigenvalue weighted by Gasteiger charge is -2.21. The van der Waals surface area contributed by atoms with Gasteiger partial charge in [-0.2, -0.15) is 0 Å². The van der Waals surface area contributed by atoms with Crippen LogP contribution in [-0.4, -0.2) is 37.3 Å². The van der Waals surface area contributed by atoms with E-state index in [2.05, 4.69) is 5.32 Å². The maximum absolute atomic E-state index is 12.2. The molecule has 0 fully saturated rings. The van der Waals surface area contributed by atoms with Crippen molar-refractivity contribution in [1.29, 1.82) is 0 Å². The molecular formula is C16H20N2O4. The molecule has 0 unspecified atom stereocenters. The molecule has 2 amide bonds. The molecule has 2 rings (SSSR count). The second-order valence-electron chi connectivity index (χ2n) is 5.17. The lowest BCUT2D eigenvalue weighted by Crippen LogP contribution is -2.40. The number of rotatable bonds is 5. The van der Waals surface area contributed by atoms with Crippen molar-refractivity contribution in [3.8, 4) is 5.75 Å². The maximum Gasteiger partial charge on any atom is 0.240 e. The first kappa shape index (κ1) is 16.0. The first-order chi connectivity index (χ1) is 10.5. The average Bonchev–Trinajstić information content (AvgIpc) is 2.64. The minimum absolute atomic E-state index is 0.0729. The van der Waals surface area contributed by atoms with E-state index in [0.717, 1.165) is 6.42 Å². The third kappa shape index (κ3) is 3.63. The predicted molar refractivity (Wildman–Crippen MR) is 82.2 cm³/mol. The van der Waals surface area contributed by atoms with Gasteiger partial charge in [-0.1, -0.05) is 6.92 Å². The fraction of sp³-hybridized carbons (Fsp3) is 0.438. The zero-order valence-electron chi connectivity index (χ0n) is 12.8. The van der Waals surface area contributed by atoms with Gasteiger partial charge in [-0.3, -0.25) is 19.3 Å². The molecule has 1 N–H and O–H groups in total. The van der Waals surface area contributed by atoms with Crippen molar-refractivity contribution in [3.63, 3.8) is 0 Å². The molecule has 1 aromatic rings. The molecule has 0 bridgehead atoms. The topological polar surface area (TPSA) is 75.7 Å². The number of carbonyl (C=O) groups excluding carboxylic acids is 3. The summed E-state index contributed by atoms with van der Waals surface area (Å²) in [7, 11) is 0. The summed E-state index contributed by atoms with van der Waals surface area (Å²) in [6.45, 7) is 4.17. The maximum atomic E-state index is 12.2. The number of benzene rings is 1. The molecule has 0 saturated carbocycles. The average molecular weight is 304 g/mol. The van der Waals surface area contributed by atoms with E-state index in [0.29, 0.717) is 23.5 Å². The van der Waals surface area contributed by atoms with Gasteiger partial charge in [0.1, 0.15) is 12.3 Å². The van der Waals surface area contributed by atoms with Crippen molar-refractivity contribution in [2.45, 2.75) is 26.7 Å². The van der Waals surface area contributed by atoms with Gasteiger partial charge in [-0.05, 0) is 31.5 Å². The molecule has 0 saturated heterocycles. The van der Waals surface area contributed by atoms with Crippen LogP contribution in [0.25, 0.3) is 0 Å². The molecule has 0 aromatic heterocycles. The molecular weight excluding hydrogens is 284 g/mol. The van der Waals surface area contributed by atoms with Crippen LogP contribution in [0.5, 0.6) is 5.75 Å². The Morgan fingerprint density at radius 3 is 2.82 bits per heavy atom. The lowest BCUT2D eigenvalue weighted by atomic mass is 10.1. The molecule has 6 nitrogen and oxygen atoms in total. The van der Waals surface area contributed by atoms with Gasteiger partial charge in [0.2, 0.25) is 11.8 Å². The first-order valence-electron chi connectivity index (χ1n) is 7.37. The minimum atomic E-state index is -0.226. The zero-order valence-corrected chi connectivity index (χ0v) is 12.8. The second-order valence-corrected chi connectivity index (χ2v) is 5.17. The fourth-order valence-corrected chi connectivity index (χ4v) is 2.22. The predicted octanol–water partition coefficient (Wildman–Crippen LogP) is 1.53. The number of Topliss-reactive ketones (excluding diaryl/α,β-unsaturated/α-hetero) is 1. The molecule has 1 aromatic carbocycles. The molecule has 1 aliphatic rings. The highest BCUT2D eigenvalue weighted by molar-refractivity contribution is 6.02. The van der Waals surface area contributed by atoms with Gasteiger partial charge in [0.15, 0.2) is 5.78 Å². The van der Waals surface area contributed by atoms with Crippen LogP contribution in [0.1, 0.15) is 37.0 Å². The van der Waals surface area contributed by atoms with E-state index in [9.17, 15) is 14.4 Å². The third-order valence-corrected chi connectivity index (χ3v) is 3.40. The number of anilines is 1. The Balaban J connectivity index is 2.31. The Kier molecular flexibility index (Phi) is 5.14. The van der Waals surface area contributed by atoms with E-state index in [1.807, 2.05) is 6.92 Å². The molecule has 0 aliphatic carbocycles. The largest absolute Gasteiger partial charge is 0.491 e. The highest BCUT2D eigenvalue weighted by atomic mass is 16.5. The van der Waals surface area contributed by atoms with Crippen LogP contribution in [0.2, 0.25) is 0 Å². The molecule has 0 atom stereocenters. The number of amides is 2. The summed E-state index contributed by atoms with van der Waals surface area (Å²) >= 11 is 0. The number of fused-ring (bicyclic) bond motifs is 1. The summed E-state index contributed by atoms with van der Waals surface area (Å²) in [4.78, 5) is 37.1. The third-order valence-electron chi connectivity index (χ3n) is 3.40. The van der Waals surface area contributed by atoms with Crippen molar-refractivity contribution in [2.24, 2.45) is 0 Å². The van der Waals surface area contributed by atoms with Crippen molar-refractivity contribution in [3.05, 3.63) is 23.8 Å². The van der Waals surface area contributed by atoms with E-state index < -0.39 is 0 Å². The Hall–Kier alpha value is -2.37. The fourth-order valence-electron chi connectivity index (χ4n) is 2.22. The molecule has 0 spiro atoms. The lowest BCUT2D eigenvalue weighted by molar-refractivity contribution is -0.123. The number of ether oxygens (including phenoxy) is 1. The van der Waals surface area contributed by atoms with Crippen molar-refractivity contribution in [1.82, 2.24) is 5.32 Å². The van der Waals surface area contributed by atoms with Crippen molar-refractivity contribution in [2.75, 3.05) is 24.6 Å². The van der Waals surface area contributed by atoms with Crippen LogP contribution in [0.3, 0.4) is 0 Å². The van der Waals surface area contributed by atoms with Gasteiger partial charge in [0.25, 0.3) is 0 Å². The quantitative estimate of drug-likeness (QED) is 0.837. The van der Waals surface area contributed by atoms with E-state index in [1.165, 1.54) is 11.8 Å². The second kappa shape index (κ2) is 7.06. The molecule has 0 radical (unpaired) electrons. The van der Waals surface area contributed by atoms with E-state index in [1.54, 1.807) is 18.2 Å². The molecule has 22 heavy (non-hydrogen) atoms. The summed E-state index contributed by atoms with van der Waals surface area (Å²) in [5, 5.41) is 2.75. The zero-order chi connectivity index (χ0) is 16.1. The monoisotopic (exact) mass is 304 g/mol. The van der Waals surface area contributed by atoms with E-state index in [4.69, 9.17) is 4.74 Å². The SMILES string of the molecule is CCCNC(=O)CN1C(=O)CCOc2ccc(C(C)=O)cc21. The van der Waals surface area contributed by atoms with Gasteiger partial charge < -0.3 is 10.1 Å². The van der Waals surface area contributed by atoms with Gasteiger partial charge in [-0.15, -0.1) is 0 Å². The van der Waals surface area contributed by atoms with Gasteiger partial charge in [0.05, 0.1) is 18.7 Å².